The average Bonchev–Trinajstić information content (AvgIpc) is 2.89. The lowest BCUT2D eigenvalue weighted by Crippen LogP contribution is -2.27. The standard InChI is InChI=1S/2C13H17NO3/c2*1-14-8-11-12-9(4-5-15-11)2-3-10-13(12)17-7-6-16-10/h2*2-3,11,14H,4-8H2,1H3/t2*11-/m10/s1. The summed E-state index contributed by atoms with van der Waals surface area (Å²) in [5, 5.41) is 6.33. The molecule has 4 aliphatic heterocycles. The molecule has 2 atom stereocenters. The van der Waals surface area contributed by atoms with Crippen molar-refractivity contribution in [2.24, 2.45) is 0 Å². The fourth-order valence-electron chi connectivity index (χ4n) is 4.98. The maximum absolute atomic E-state index is 5.81. The Morgan fingerprint density at radius 2 is 1.06 bits per heavy atom. The van der Waals surface area contributed by atoms with E-state index < -0.39 is 0 Å². The Hall–Kier alpha value is -2.52. The molecule has 4 heterocycles. The van der Waals surface area contributed by atoms with Crippen LogP contribution in [0.3, 0.4) is 0 Å². The molecule has 0 unspecified atom stereocenters. The van der Waals surface area contributed by atoms with E-state index in [2.05, 4.69) is 22.8 Å². The monoisotopic (exact) mass is 470 g/mol. The molecule has 0 spiro atoms. The molecule has 0 bridgehead atoms. The maximum Gasteiger partial charge on any atom is 0.167 e. The van der Waals surface area contributed by atoms with Gasteiger partial charge in [-0.05, 0) is 50.2 Å². The van der Waals surface area contributed by atoms with E-state index in [9.17, 15) is 0 Å². The van der Waals surface area contributed by atoms with Gasteiger partial charge in [0.05, 0.1) is 25.4 Å². The van der Waals surface area contributed by atoms with Crippen molar-refractivity contribution >= 4 is 0 Å². The molecule has 2 aromatic rings. The second-order valence-electron chi connectivity index (χ2n) is 8.66. The molecule has 0 amide bonds. The van der Waals surface area contributed by atoms with Gasteiger partial charge in [-0.25, -0.2) is 0 Å². The van der Waals surface area contributed by atoms with Gasteiger partial charge >= 0.3 is 0 Å². The molecule has 184 valence electrons. The summed E-state index contributed by atoms with van der Waals surface area (Å²) in [5.74, 6) is 3.46. The SMILES string of the molecule is CNC[C@@H]1OCCc2ccc3c(c21)OCCO3.CNC[C@H]1OCCc2ccc3c(c21)OCCO3. The van der Waals surface area contributed by atoms with E-state index in [4.69, 9.17) is 28.4 Å². The van der Waals surface area contributed by atoms with Crippen molar-refractivity contribution in [3.8, 4) is 23.0 Å². The maximum atomic E-state index is 5.81. The molecule has 0 radical (unpaired) electrons. The number of rotatable bonds is 4. The van der Waals surface area contributed by atoms with E-state index >= 15 is 0 Å². The second-order valence-corrected chi connectivity index (χ2v) is 8.66. The third-order valence-corrected chi connectivity index (χ3v) is 6.48. The first kappa shape index (κ1) is 23.2. The quantitative estimate of drug-likeness (QED) is 0.706. The molecule has 4 aliphatic rings. The molecular formula is C26H34N2O6. The van der Waals surface area contributed by atoms with Crippen LogP contribution in [0.4, 0.5) is 0 Å². The molecule has 34 heavy (non-hydrogen) atoms. The molecule has 0 saturated carbocycles. The van der Waals surface area contributed by atoms with Crippen LogP contribution in [0.5, 0.6) is 23.0 Å². The van der Waals surface area contributed by atoms with Gasteiger partial charge in [0.15, 0.2) is 23.0 Å². The summed E-state index contributed by atoms with van der Waals surface area (Å²) in [5.41, 5.74) is 4.98. The summed E-state index contributed by atoms with van der Waals surface area (Å²) in [7, 11) is 3.87. The molecule has 6 rings (SSSR count). The smallest absolute Gasteiger partial charge is 0.167 e. The minimum Gasteiger partial charge on any atom is -0.486 e. The van der Waals surface area contributed by atoms with Gasteiger partial charge in [0.25, 0.3) is 0 Å². The normalized spacial score (nSPS) is 22.1. The predicted molar refractivity (Wildman–Crippen MR) is 128 cm³/mol. The van der Waals surface area contributed by atoms with Gasteiger partial charge in [-0.1, -0.05) is 12.1 Å². The number of nitrogens with one attached hydrogen (secondary N) is 2. The lowest BCUT2D eigenvalue weighted by molar-refractivity contribution is 0.0390. The average molecular weight is 471 g/mol. The number of hydrogen-bond donors (Lipinski definition) is 2. The van der Waals surface area contributed by atoms with Crippen molar-refractivity contribution < 1.29 is 28.4 Å². The van der Waals surface area contributed by atoms with Crippen LogP contribution in [-0.2, 0) is 22.3 Å². The highest BCUT2D eigenvalue weighted by Crippen LogP contribution is 2.43. The molecular weight excluding hydrogens is 436 g/mol. The first-order valence-electron chi connectivity index (χ1n) is 12.1. The zero-order valence-electron chi connectivity index (χ0n) is 20.0. The first-order valence-corrected chi connectivity index (χ1v) is 12.1. The van der Waals surface area contributed by atoms with E-state index in [1.807, 2.05) is 26.2 Å². The van der Waals surface area contributed by atoms with E-state index in [-0.39, 0.29) is 12.2 Å². The van der Waals surface area contributed by atoms with Gasteiger partial charge in [-0.3, -0.25) is 0 Å². The van der Waals surface area contributed by atoms with Crippen molar-refractivity contribution in [1.29, 1.82) is 0 Å². The van der Waals surface area contributed by atoms with Crippen LogP contribution in [0.25, 0.3) is 0 Å². The molecule has 2 aromatic carbocycles. The number of likely N-dealkylation sites (N-methyl/N-ethyl adjacent to an activating group) is 2. The zero-order chi connectivity index (χ0) is 23.3. The van der Waals surface area contributed by atoms with Crippen LogP contribution in [0.2, 0.25) is 0 Å². The van der Waals surface area contributed by atoms with Crippen molar-refractivity contribution in [3.63, 3.8) is 0 Å². The van der Waals surface area contributed by atoms with Crippen molar-refractivity contribution in [1.82, 2.24) is 10.6 Å². The molecule has 0 aliphatic carbocycles. The first-order chi connectivity index (χ1) is 16.8. The lowest BCUT2D eigenvalue weighted by atomic mass is 9.95. The van der Waals surface area contributed by atoms with E-state index in [1.165, 1.54) is 22.3 Å². The van der Waals surface area contributed by atoms with E-state index in [0.29, 0.717) is 26.4 Å². The van der Waals surface area contributed by atoms with Crippen molar-refractivity contribution in [3.05, 3.63) is 46.5 Å². The van der Waals surface area contributed by atoms with Gasteiger partial charge in [0.1, 0.15) is 26.4 Å². The van der Waals surface area contributed by atoms with Crippen LogP contribution >= 0.6 is 0 Å². The Kier molecular flexibility index (Phi) is 7.39. The molecule has 0 aromatic heterocycles. The van der Waals surface area contributed by atoms with Crippen molar-refractivity contribution in [2.75, 3.05) is 66.8 Å². The molecule has 8 heteroatoms. The summed E-state index contributed by atoms with van der Waals surface area (Å²) >= 11 is 0. The molecule has 0 saturated heterocycles. The molecule has 8 nitrogen and oxygen atoms in total. The van der Waals surface area contributed by atoms with Crippen LogP contribution in [-0.4, -0.2) is 66.8 Å². The van der Waals surface area contributed by atoms with Crippen LogP contribution in [0.15, 0.2) is 24.3 Å². The highest BCUT2D eigenvalue weighted by atomic mass is 16.6. The summed E-state index contributed by atoms with van der Waals surface area (Å²) in [4.78, 5) is 0. The minimum absolute atomic E-state index is 0.0698. The Morgan fingerprint density at radius 1 is 0.618 bits per heavy atom. The number of benzene rings is 2. The van der Waals surface area contributed by atoms with Crippen LogP contribution in [0, 0.1) is 0 Å². The largest absolute Gasteiger partial charge is 0.486 e. The summed E-state index contributed by atoms with van der Waals surface area (Å²) in [6, 6.07) is 8.28. The molecule has 2 N–H and O–H groups in total. The third kappa shape index (κ3) is 4.68. The van der Waals surface area contributed by atoms with Gasteiger partial charge < -0.3 is 39.1 Å². The summed E-state index contributed by atoms with van der Waals surface area (Å²) < 4.78 is 34.4. The van der Waals surface area contributed by atoms with Crippen molar-refractivity contribution in [2.45, 2.75) is 25.0 Å². The second kappa shape index (κ2) is 10.8. The highest BCUT2D eigenvalue weighted by Gasteiger charge is 2.29. The fraction of sp³-hybridized carbons (Fsp3) is 0.538. The topological polar surface area (TPSA) is 79.4 Å². The minimum atomic E-state index is 0.0698. The van der Waals surface area contributed by atoms with Gasteiger partial charge in [-0.15, -0.1) is 0 Å². The van der Waals surface area contributed by atoms with E-state index in [1.54, 1.807) is 0 Å². The predicted octanol–water partition coefficient (Wildman–Crippen LogP) is 2.58. The summed E-state index contributed by atoms with van der Waals surface area (Å²) in [6.07, 6.45) is 2.04. The third-order valence-electron chi connectivity index (χ3n) is 6.48. The van der Waals surface area contributed by atoms with Gasteiger partial charge in [0, 0.05) is 24.2 Å². The lowest BCUT2D eigenvalue weighted by Gasteiger charge is -2.30. The van der Waals surface area contributed by atoms with Crippen LogP contribution in [0.1, 0.15) is 34.5 Å². The summed E-state index contributed by atoms with van der Waals surface area (Å²) in [6.45, 7) is 5.65. The fourth-order valence-corrected chi connectivity index (χ4v) is 4.98. The van der Waals surface area contributed by atoms with E-state index in [0.717, 1.165) is 62.1 Å². The zero-order valence-corrected chi connectivity index (χ0v) is 20.0. The Bertz CT molecular complexity index is 918. The Balaban J connectivity index is 0.000000142. The Morgan fingerprint density at radius 3 is 1.50 bits per heavy atom. The van der Waals surface area contributed by atoms with Gasteiger partial charge in [-0.2, -0.15) is 0 Å². The molecule has 0 fully saturated rings. The number of hydrogen-bond acceptors (Lipinski definition) is 8. The highest BCUT2D eigenvalue weighted by molar-refractivity contribution is 5.54. The number of fused-ring (bicyclic) bond motifs is 6. The number of ether oxygens (including phenoxy) is 6. The van der Waals surface area contributed by atoms with Gasteiger partial charge in [0.2, 0.25) is 0 Å². The van der Waals surface area contributed by atoms with Crippen LogP contribution < -0.4 is 29.6 Å². The Labute approximate surface area is 200 Å².